The molecule has 0 fully saturated rings. The zero-order valence-corrected chi connectivity index (χ0v) is 11.6. The molecule has 0 radical (unpaired) electrons. The second-order valence-electron chi connectivity index (χ2n) is 4.26. The van der Waals surface area contributed by atoms with E-state index in [1.54, 1.807) is 0 Å². The normalized spacial score (nSPS) is 12.9. The minimum Gasteiger partial charge on any atom is -0.390 e. The highest BCUT2D eigenvalue weighted by Crippen LogP contribution is 2.20. The van der Waals surface area contributed by atoms with Crippen molar-refractivity contribution in [2.75, 3.05) is 32.5 Å². The van der Waals surface area contributed by atoms with E-state index in [9.17, 15) is 5.11 Å². The second kappa shape index (κ2) is 6.23. The van der Waals surface area contributed by atoms with Crippen LogP contribution >= 0.6 is 15.9 Å². The Morgan fingerprint density at radius 1 is 1.44 bits per heavy atom. The highest BCUT2D eigenvalue weighted by molar-refractivity contribution is 9.10. The van der Waals surface area contributed by atoms with Crippen LogP contribution < -0.4 is 5.32 Å². The zero-order valence-electron chi connectivity index (χ0n) is 10.00. The van der Waals surface area contributed by atoms with Crippen LogP contribution in [-0.2, 0) is 0 Å². The molecule has 0 aliphatic rings. The molecule has 4 heteroatoms. The average molecular weight is 287 g/mol. The third-order valence-electron chi connectivity index (χ3n) is 2.30. The van der Waals surface area contributed by atoms with Crippen LogP contribution in [0.3, 0.4) is 0 Å². The number of rotatable bonds is 5. The van der Waals surface area contributed by atoms with Crippen LogP contribution in [0.2, 0.25) is 0 Å². The van der Waals surface area contributed by atoms with E-state index in [1.165, 1.54) is 5.56 Å². The molecule has 1 aromatic carbocycles. The van der Waals surface area contributed by atoms with Gasteiger partial charge in [0.05, 0.1) is 6.10 Å². The summed E-state index contributed by atoms with van der Waals surface area (Å²) in [6, 6.07) is 6.08. The quantitative estimate of drug-likeness (QED) is 0.870. The van der Waals surface area contributed by atoms with Gasteiger partial charge in [-0.2, -0.15) is 0 Å². The zero-order chi connectivity index (χ0) is 12.1. The van der Waals surface area contributed by atoms with E-state index in [-0.39, 0.29) is 6.10 Å². The number of hydrogen-bond acceptors (Lipinski definition) is 3. The highest BCUT2D eigenvalue weighted by atomic mass is 79.9. The van der Waals surface area contributed by atoms with Gasteiger partial charge in [0.1, 0.15) is 0 Å². The minimum atomic E-state index is -0.353. The molecule has 0 aliphatic carbocycles. The lowest BCUT2D eigenvalue weighted by Gasteiger charge is -2.18. The summed E-state index contributed by atoms with van der Waals surface area (Å²) < 4.78 is 1.04. The van der Waals surface area contributed by atoms with E-state index >= 15 is 0 Å². The lowest BCUT2D eigenvalue weighted by molar-refractivity contribution is 0.148. The standard InChI is InChI=1S/C12H19BrN2O/c1-9-4-5-10(13)6-12(9)14-7-11(16)8-15(2)3/h4-6,11,14,16H,7-8H2,1-3H3. The molecular weight excluding hydrogens is 268 g/mol. The molecule has 0 saturated carbocycles. The average Bonchev–Trinajstić information content (AvgIpc) is 2.18. The van der Waals surface area contributed by atoms with Crippen molar-refractivity contribution in [1.82, 2.24) is 4.90 Å². The number of aliphatic hydroxyl groups excluding tert-OH is 1. The van der Waals surface area contributed by atoms with Gasteiger partial charge in [-0.15, -0.1) is 0 Å². The van der Waals surface area contributed by atoms with Crippen LogP contribution in [0.5, 0.6) is 0 Å². The molecule has 0 aliphatic heterocycles. The first kappa shape index (κ1) is 13.5. The van der Waals surface area contributed by atoms with Crippen LogP contribution in [0.1, 0.15) is 5.56 Å². The number of nitrogens with one attached hydrogen (secondary N) is 1. The monoisotopic (exact) mass is 286 g/mol. The van der Waals surface area contributed by atoms with Crippen LogP contribution in [0.4, 0.5) is 5.69 Å². The maximum atomic E-state index is 9.73. The number of nitrogens with zero attached hydrogens (tertiary/aromatic N) is 1. The fraction of sp³-hybridized carbons (Fsp3) is 0.500. The van der Waals surface area contributed by atoms with Crippen molar-refractivity contribution in [2.45, 2.75) is 13.0 Å². The Morgan fingerprint density at radius 2 is 2.12 bits per heavy atom. The number of aryl methyl sites for hydroxylation is 1. The van der Waals surface area contributed by atoms with Gasteiger partial charge in [-0.1, -0.05) is 22.0 Å². The fourth-order valence-electron chi connectivity index (χ4n) is 1.50. The van der Waals surface area contributed by atoms with Gasteiger partial charge < -0.3 is 15.3 Å². The second-order valence-corrected chi connectivity index (χ2v) is 5.17. The van der Waals surface area contributed by atoms with Crippen LogP contribution in [-0.4, -0.2) is 43.3 Å². The Labute approximate surface area is 106 Å². The highest BCUT2D eigenvalue weighted by Gasteiger charge is 2.06. The van der Waals surface area contributed by atoms with E-state index < -0.39 is 0 Å². The molecule has 1 aromatic rings. The first-order valence-corrected chi connectivity index (χ1v) is 6.11. The molecule has 3 nitrogen and oxygen atoms in total. The van der Waals surface area contributed by atoms with E-state index in [0.717, 1.165) is 10.2 Å². The molecule has 16 heavy (non-hydrogen) atoms. The largest absolute Gasteiger partial charge is 0.390 e. The topological polar surface area (TPSA) is 35.5 Å². The van der Waals surface area contributed by atoms with Crippen molar-refractivity contribution in [3.05, 3.63) is 28.2 Å². The number of hydrogen-bond donors (Lipinski definition) is 2. The molecule has 90 valence electrons. The Balaban J connectivity index is 2.51. The van der Waals surface area contributed by atoms with Gasteiger partial charge in [0.25, 0.3) is 0 Å². The van der Waals surface area contributed by atoms with Crippen LogP contribution in [0.15, 0.2) is 22.7 Å². The molecular formula is C12H19BrN2O. The predicted molar refractivity (Wildman–Crippen MR) is 71.9 cm³/mol. The first-order valence-electron chi connectivity index (χ1n) is 5.32. The van der Waals surface area contributed by atoms with E-state index in [4.69, 9.17) is 0 Å². The molecule has 0 aromatic heterocycles. The summed E-state index contributed by atoms with van der Waals surface area (Å²) in [4.78, 5) is 1.97. The SMILES string of the molecule is Cc1ccc(Br)cc1NCC(O)CN(C)C. The lowest BCUT2D eigenvalue weighted by Crippen LogP contribution is -2.31. The smallest absolute Gasteiger partial charge is 0.0838 e. The summed E-state index contributed by atoms with van der Waals surface area (Å²) in [5, 5.41) is 13.0. The molecule has 1 unspecified atom stereocenters. The number of halogens is 1. The molecule has 1 atom stereocenters. The van der Waals surface area contributed by atoms with E-state index in [0.29, 0.717) is 13.1 Å². The Bertz CT molecular complexity index is 342. The van der Waals surface area contributed by atoms with Crippen molar-refractivity contribution in [2.24, 2.45) is 0 Å². The van der Waals surface area contributed by atoms with Gasteiger partial charge in [-0.25, -0.2) is 0 Å². The Morgan fingerprint density at radius 3 is 2.75 bits per heavy atom. The molecule has 0 heterocycles. The lowest BCUT2D eigenvalue weighted by atomic mass is 10.2. The molecule has 0 amide bonds. The summed E-state index contributed by atoms with van der Waals surface area (Å²) in [6.45, 7) is 3.28. The number of likely N-dealkylation sites (N-methyl/N-ethyl adjacent to an activating group) is 1. The molecule has 0 saturated heterocycles. The first-order chi connectivity index (χ1) is 7.49. The molecule has 1 rings (SSSR count). The maximum absolute atomic E-state index is 9.73. The van der Waals surface area contributed by atoms with Gasteiger partial charge in [-0.3, -0.25) is 0 Å². The Hall–Kier alpha value is -0.580. The maximum Gasteiger partial charge on any atom is 0.0838 e. The summed E-state index contributed by atoms with van der Waals surface area (Å²) >= 11 is 3.43. The number of benzene rings is 1. The van der Waals surface area contributed by atoms with E-state index in [1.807, 2.05) is 44.1 Å². The van der Waals surface area contributed by atoms with Crippen LogP contribution in [0.25, 0.3) is 0 Å². The third kappa shape index (κ3) is 4.51. The van der Waals surface area contributed by atoms with Gasteiger partial charge in [0.2, 0.25) is 0 Å². The third-order valence-corrected chi connectivity index (χ3v) is 2.80. The van der Waals surface area contributed by atoms with Gasteiger partial charge in [0, 0.05) is 23.2 Å². The molecule has 0 spiro atoms. The predicted octanol–water partition coefficient (Wildman–Crippen LogP) is 2.09. The van der Waals surface area contributed by atoms with Gasteiger partial charge in [0.15, 0.2) is 0 Å². The summed E-state index contributed by atoms with van der Waals surface area (Å²) in [5.74, 6) is 0. The fourth-order valence-corrected chi connectivity index (χ4v) is 1.86. The Kier molecular flexibility index (Phi) is 5.25. The summed E-state index contributed by atoms with van der Waals surface area (Å²) in [5.41, 5.74) is 2.24. The molecule has 0 bridgehead atoms. The van der Waals surface area contributed by atoms with Crippen molar-refractivity contribution >= 4 is 21.6 Å². The van der Waals surface area contributed by atoms with Crippen molar-refractivity contribution in [1.29, 1.82) is 0 Å². The summed E-state index contributed by atoms with van der Waals surface area (Å²) in [6.07, 6.45) is -0.353. The van der Waals surface area contributed by atoms with Crippen LogP contribution in [0, 0.1) is 6.92 Å². The summed E-state index contributed by atoms with van der Waals surface area (Å²) in [7, 11) is 3.90. The molecule has 2 N–H and O–H groups in total. The van der Waals surface area contributed by atoms with Gasteiger partial charge >= 0.3 is 0 Å². The minimum absolute atomic E-state index is 0.353. The van der Waals surface area contributed by atoms with Gasteiger partial charge in [-0.05, 0) is 38.7 Å². The van der Waals surface area contributed by atoms with Crippen molar-refractivity contribution in [3.63, 3.8) is 0 Å². The number of aliphatic hydroxyl groups is 1. The number of anilines is 1. The van der Waals surface area contributed by atoms with Crippen molar-refractivity contribution < 1.29 is 5.11 Å². The van der Waals surface area contributed by atoms with Crippen molar-refractivity contribution in [3.8, 4) is 0 Å². The van der Waals surface area contributed by atoms with E-state index in [2.05, 4.69) is 21.2 Å².